The van der Waals surface area contributed by atoms with E-state index in [-0.39, 0.29) is 5.41 Å². The van der Waals surface area contributed by atoms with Gasteiger partial charge in [0.1, 0.15) is 0 Å². The van der Waals surface area contributed by atoms with Crippen LogP contribution in [0.1, 0.15) is 33.6 Å². The molecule has 0 radical (unpaired) electrons. The molecule has 0 spiro atoms. The second-order valence-electron chi connectivity index (χ2n) is 5.09. The van der Waals surface area contributed by atoms with E-state index in [9.17, 15) is 0 Å². The fourth-order valence-corrected chi connectivity index (χ4v) is 3.19. The van der Waals surface area contributed by atoms with E-state index in [0.29, 0.717) is 12.1 Å². The van der Waals surface area contributed by atoms with Gasteiger partial charge >= 0.3 is 0 Å². The molecule has 2 rings (SSSR count). The van der Waals surface area contributed by atoms with Crippen LogP contribution in [0.4, 0.5) is 0 Å². The Balaban J connectivity index is 1.86. The topological polar surface area (TPSA) is 33.6 Å². The van der Waals surface area contributed by atoms with Gasteiger partial charge in [0.05, 0.1) is 6.10 Å². The van der Waals surface area contributed by atoms with E-state index in [2.05, 4.69) is 31.1 Å². The third-order valence-electron chi connectivity index (χ3n) is 3.64. The monoisotopic (exact) mass is 242 g/mol. The lowest BCUT2D eigenvalue weighted by Gasteiger charge is -2.52. The summed E-state index contributed by atoms with van der Waals surface area (Å²) in [6.45, 7) is 8.43. The zero-order chi connectivity index (χ0) is 11.6. The van der Waals surface area contributed by atoms with Crippen molar-refractivity contribution in [3.63, 3.8) is 0 Å². The van der Waals surface area contributed by atoms with Gasteiger partial charge in [-0.25, -0.2) is 0 Å². The Bertz CT molecular complexity index is 278. The lowest BCUT2D eigenvalue weighted by Crippen LogP contribution is -2.61. The maximum absolute atomic E-state index is 5.73. The Morgan fingerprint density at radius 3 is 2.94 bits per heavy atom. The molecule has 0 amide bonds. The van der Waals surface area contributed by atoms with Crippen molar-refractivity contribution in [2.45, 2.75) is 45.8 Å². The van der Waals surface area contributed by atoms with Gasteiger partial charge < -0.3 is 10.1 Å². The third-order valence-corrected chi connectivity index (χ3v) is 4.65. The quantitative estimate of drug-likeness (QED) is 0.824. The predicted molar refractivity (Wildman–Crippen MR) is 70.1 cm³/mol. The van der Waals surface area contributed by atoms with E-state index in [1.807, 2.05) is 11.8 Å². The van der Waals surface area contributed by atoms with Gasteiger partial charge in [-0.05, 0) is 19.8 Å². The second kappa shape index (κ2) is 4.96. The molecule has 1 aliphatic carbocycles. The first-order chi connectivity index (χ1) is 7.64. The molecule has 1 aliphatic heterocycles. The van der Waals surface area contributed by atoms with Crippen molar-refractivity contribution >= 4 is 16.9 Å². The van der Waals surface area contributed by atoms with Crippen molar-refractivity contribution in [1.29, 1.82) is 0 Å². The molecule has 4 heteroatoms. The normalized spacial score (nSPS) is 32.8. The molecular weight excluding hydrogens is 220 g/mol. The SMILES string of the molecule is CCOC1CC(NC2=NCCCS2)C1(C)C. The summed E-state index contributed by atoms with van der Waals surface area (Å²) in [7, 11) is 0. The first-order valence-electron chi connectivity index (χ1n) is 6.20. The second-order valence-corrected chi connectivity index (χ2v) is 6.17. The summed E-state index contributed by atoms with van der Waals surface area (Å²) in [6.07, 6.45) is 2.73. The van der Waals surface area contributed by atoms with E-state index in [0.717, 1.165) is 24.7 Å². The van der Waals surface area contributed by atoms with Crippen LogP contribution >= 0.6 is 11.8 Å². The van der Waals surface area contributed by atoms with Crippen LogP contribution in [0.15, 0.2) is 4.99 Å². The van der Waals surface area contributed by atoms with Crippen molar-refractivity contribution in [2.75, 3.05) is 18.9 Å². The van der Waals surface area contributed by atoms with Crippen molar-refractivity contribution in [3.8, 4) is 0 Å². The Kier molecular flexibility index (Phi) is 3.80. The van der Waals surface area contributed by atoms with Crippen LogP contribution in [0.5, 0.6) is 0 Å². The van der Waals surface area contributed by atoms with Gasteiger partial charge in [-0.3, -0.25) is 4.99 Å². The minimum atomic E-state index is 0.233. The first kappa shape index (κ1) is 12.2. The fraction of sp³-hybridized carbons (Fsp3) is 0.917. The van der Waals surface area contributed by atoms with Crippen LogP contribution in [-0.2, 0) is 4.74 Å². The molecule has 0 bridgehead atoms. The Hall–Kier alpha value is -0.220. The number of nitrogens with zero attached hydrogens (tertiary/aromatic N) is 1. The van der Waals surface area contributed by atoms with Gasteiger partial charge in [0.15, 0.2) is 5.17 Å². The molecule has 2 atom stereocenters. The smallest absolute Gasteiger partial charge is 0.156 e. The number of hydrogen-bond donors (Lipinski definition) is 1. The molecule has 0 aromatic heterocycles. The van der Waals surface area contributed by atoms with Gasteiger partial charge in [-0.1, -0.05) is 25.6 Å². The molecule has 1 saturated carbocycles. The van der Waals surface area contributed by atoms with Crippen LogP contribution in [0.3, 0.4) is 0 Å². The van der Waals surface area contributed by atoms with E-state index in [1.54, 1.807) is 0 Å². The van der Waals surface area contributed by atoms with Crippen molar-refractivity contribution in [1.82, 2.24) is 5.32 Å². The van der Waals surface area contributed by atoms with Crippen molar-refractivity contribution in [2.24, 2.45) is 10.4 Å². The molecule has 92 valence electrons. The van der Waals surface area contributed by atoms with E-state index >= 15 is 0 Å². The molecule has 1 N–H and O–H groups in total. The number of nitrogens with one attached hydrogen (secondary N) is 1. The van der Waals surface area contributed by atoms with Gasteiger partial charge in [-0.2, -0.15) is 0 Å². The fourth-order valence-electron chi connectivity index (χ4n) is 2.31. The number of ether oxygens (including phenoxy) is 1. The maximum atomic E-state index is 5.73. The van der Waals surface area contributed by atoms with Crippen LogP contribution < -0.4 is 5.32 Å². The summed E-state index contributed by atoms with van der Waals surface area (Å²) in [6, 6.07) is 0.522. The highest BCUT2D eigenvalue weighted by Crippen LogP contribution is 2.43. The molecule has 0 aromatic carbocycles. The van der Waals surface area contributed by atoms with Crippen molar-refractivity contribution in [3.05, 3.63) is 0 Å². The molecule has 2 aliphatic rings. The zero-order valence-corrected chi connectivity index (χ0v) is 11.3. The van der Waals surface area contributed by atoms with Gasteiger partial charge in [0, 0.05) is 30.4 Å². The number of aliphatic imine (C=N–C) groups is 1. The number of hydrogen-bond acceptors (Lipinski definition) is 4. The lowest BCUT2D eigenvalue weighted by molar-refractivity contribution is -0.109. The van der Waals surface area contributed by atoms with Gasteiger partial charge in [0.25, 0.3) is 0 Å². The number of thioether (sulfide) groups is 1. The average Bonchev–Trinajstić information content (AvgIpc) is 2.29. The molecular formula is C12H22N2OS. The third kappa shape index (κ3) is 2.38. The Labute approximate surface area is 102 Å². The van der Waals surface area contributed by atoms with Crippen LogP contribution in [-0.4, -0.2) is 36.2 Å². The molecule has 0 saturated heterocycles. The Morgan fingerprint density at radius 2 is 2.38 bits per heavy atom. The zero-order valence-electron chi connectivity index (χ0n) is 10.5. The minimum absolute atomic E-state index is 0.233. The summed E-state index contributed by atoms with van der Waals surface area (Å²) < 4.78 is 5.73. The molecule has 1 heterocycles. The summed E-state index contributed by atoms with van der Waals surface area (Å²) in [5, 5.41) is 4.71. The highest BCUT2D eigenvalue weighted by atomic mass is 32.2. The standard InChI is InChI=1S/C12H22N2OS/c1-4-15-10-8-9(12(10,2)3)14-11-13-6-5-7-16-11/h9-10H,4-8H2,1-3H3,(H,13,14). The van der Waals surface area contributed by atoms with E-state index in [1.165, 1.54) is 12.2 Å². The average molecular weight is 242 g/mol. The van der Waals surface area contributed by atoms with Gasteiger partial charge in [0.2, 0.25) is 0 Å². The molecule has 16 heavy (non-hydrogen) atoms. The predicted octanol–water partition coefficient (Wildman–Crippen LogP) is 2.27. The molecule has 0 aromatic rings. The molecule has 2 unspecified atom stereocenters. The van der Waals surface area contributed by atoms with Crippen LogP contribution in [0.25, 0.3) is 0 Å². The van der Waals surface area contributed by atoms with E-state index in [4.69, 9.17) is 4.74 Å². The number of amidine groups is 1. The summed E-state index contributed by atoms with van der Waals surface area (Å²) in [4.78, 5) is 4.52. The maximum Gasteiger partial charge on any atom is 0.156 e. The van der Waals surface area contributed by atoms with Crippen LogP contribution in [0, 0.1) is 5.41 Å². The van der Waals surface area contributed by atoms with Crippen LogP contribution in [0.2, 0.25) is 0 Å². The van der Waals surface area contributed by atoms with Gasteiger partial charge in [-0.15, -0.1) is 0 Å². The Morgan fingerprint density at radius 1 is 1.56 bits per heavy atom. The summed E-state index contributed by atoms with van der Waals surface area (Å²) in [5.41, 5.74) is 0.233. The largest absolute Gasteiger partial charge is 0.378 e. The van der Waals surface area contributed by atoms with Crippen molar-refractivity contribution < 1.29 is 4.74 Å². The highest BCUT2D eigenvalue weighted by Gasteiger charge is 2.49. The molecule has 3 nitrogen and oxygen atoms in total. The summed E-state index contributed by atoms with van der Waals surface area (Å²) in [5.74, 6) is 1.20. The highest BCUT2D eigenvalue weighted by molar-refractivity contribution is 8.13. The molecule has 1 fully saturated rings. The lowest BCUT2D eigenvalue weighted by atomic mass is 9.64. The minimum Gasteiger partial charge on any atom is -0.378 e. The first-order valence-corrected chi connectivity index (χ1v) is 7.18. The number of rotatable bonds is 3. The van der Waals surface area contributed by atoms with E-state index < -0.39 is 0 Å². The summed E-state index contributed by atoms with van der Waals surface area (Å²) >= 11 is 1.85.